The van der Waals surface area contributed by atoms with Crippen LogP contribution in [0.3, 0.4) is 0 Å². The van der Waals surface area contributed by atoms with Crippen molar-refractivity contribution in [2.75, 3.05) is 12.0 Å². The fraction of sp³-hybridized carbons (Fsp3) is 0.333. The normalized spacial score (nSPS) is 12.3. The van der Waals surface area contributed by atoms with Crippen molar-refractivity contribution in [3.8, 4) is 0 Å². The summed E-state index contributed by atoms with van der Waals surface area (Å²) in [4.78, 5) is 16.0. The lowest BCUT2D eigenvalue weighted by Crippen LogP contribution is -2.17. The highest BCUT2D eigenvalue weighted by molar-refractivity contribution is 7.98. The van der Waals surface area contributed by atoms with Gasteiger partial charge in [-0.3, -0.25) is 4.79 Å². The van der Waals surface area contributed by atoms with Crippen molar-refractivity contribution in [3.63, 3.8) is 0 Å². The van der Waals surface area contributed by atoms with E-state index in [-0.39, 0.29) is 5.91 Å². The maximum Gasteiger partial charge on any atom is 0.245 e. The van der Waals surface area contributed by atoms with Gasteiger partial charge in [-0.05, 0) is 24.5 Å². The molecule has 0 radical (unpaired) electrons. The Morgan fingerprint density at radius 3 is 3.00 bits per heavy atom. The maximum atomic E-state index is 11.2. The van der Waals surface area contributed by atoms with Gasteiger partial charge in [-0.2, -0.15) is 16.8 Å². The maximum absolute atomic E-state index is 11.2. The molecule has 2 rings (SSSR count). The van der Waals surface area contributed by atoms with Crippen molar-refractivity contribution < 1.29 is 4.79 Å². The van der Waals surface area contributed by atoms with Gasteiger partial charge in [0.15, 0.2) is 4.80 Å². The fourth-order valence-electron chi connectivity index (χ4n) is 1.67. The molecular formula is C12H13ClN2OS2. The van der Waals surface area contributed by atoms with Crippen LogP contribution in [0.1, 0.15) is 6.92 Å². The van der Waals surface area contributed by atoms with Gasteiger partial charge in [0.05, 0.1) is 10.2 Å². The number of thioether (sulfide) groups is 1. The highest BCUT2D eigenvalue weighted by Gasteiger charge is 2.07. The molecule has 0 atom stereocenters. The Bertz CT molecular complexity index is 645. The van der Waals surface area contributed by atoms with E-state index in [0.717, 1.165) is 27.3 Å². The number of halogens is 1. The molecule has 1 amide bonds. The lowest BCUT2D eigenvalue weighted by molar-refractivity contribution is -0.116. The zero-order chi connectivity index (χ0) is 13.1. The number of aromatic nitrogens is 1. The number of nitrogens with zero attached hydrogens (tertiary/aromatic N) is 2. The molecule has 0 saturated heterocycles. The van der Waals surface area contributed by atoms with E-state index in [1.807, 2.05) is 18.2 Å². The van der Waals surface area contributed by atoms with Crippen molar-refractivity contribution >= 4 is 50.8 Å². The van der Waals surface area contributed by atoms with E-state index in [4.69, 9.17) is 11.6 Å². The third-order valence-corrected chi connectivity index (χ3v) is 4.28. The second-order valence-corrected chi connectivity index (χ2v) is 6.20. The van der Waals surface area contributed by atoms with Crippen LogP contribution in [0, 0.1) is 0 Å². The van der Waals surface area contributed by atoms with Gasteiger partial charge in [-0.25, -0.2) is 0 Å². The zero-order valence-electron chi connectivity index (χ0n) is 10.1. The Kier molecular flexibility index (Phi) is 4.48. The lowest BCUT2D eigenvalue weighted by atomic mass is 10.3. The smallest absolute Gasteiger partial charge is 0.245 e. The molecule has 18 heavy (non-hydrogen) atoms. The molecule has 0 bridgehead atoms. The Balaban J connectivity index is 2.64. The Labute approximate surface area is 118 Å². The van der Waals surface area contributed by atoms with E-state index in [2.05, 4.69) is 15.8 Å². The highest BCUT2D eigenvalue weighted by atomic mass is 35.5. The number of carbonyl (C=O) groups is 1. The molecular weight excluding hydrogens is 288 g/mol. The molecule has 1 aromatic carbocycles. The van der Waals surface area contributed by atoms with Crippen molar-refractivity contribution in [2.45, 2.75) is 13.5 Å². The van der Waals surface area contributed by atoms with Gasteiger partial charge in [0.25, 0.3) is 0 Å². The number of benzene rings is 1. The van der Waals surface area contributed by atoms with Crippen LogP contribution in [-0.4, -0.2) is 22.5 Å². The van der Waals surface area contributed by atoms with Crippen LogP contribution in [0.4, 0.5) is 0 Å². The van der Waals surface area contributed by atoms with Gasteiger partial charge in [0.1, 0.15) is 0 Å². The Hall–Kier alpha value is -0.780. The van der Waals surface area contributed by atoms with E-state index >= 15 is 0 Å². The molecule has 3 nitrogen and oxygen atoms in total. The van der Waals surface area contributed by atoms with Crippen molar-refractivity contribution in [1.29, 1.82) is 0 Å². The third-order valence-electron chi connectivity index (χ3n) is 2.42. The largest absolute Gasteiger partial charge is 0.316 e. The number of amides is 1. The van der Waals surface area contributed by atoms with Gasteiger partial charge in [-0.1, -0.05) is 22.9 Å². The molecule has 0 aliphatic rings. The molecule has 0 aliphatic heterocycles. The van der Waals surface area contributed by atoms with E-state index in [1.165, 1.54) is 18.3 Å². The number of aryl methyl sites for hydroxylation is 1. The minimum absolute atomic E-state index is 0.175. The number of rotatable bonds is 3. The summed E-state index contributed by atoms with van der Waals surface area (Å²) < 4.78 is 3.14. The molecule has 0 fully saturated rings. The summed E-state index contributed by atoms with van der Waals surface area (Å²) >= 11 is 9.25. The standard InChI is InChI=1S/C12H13ClN2OS2/c1-8(16)14-12-15(5-6-17-2)10-4-3-9(13)7-11(10)18-12/h3-4,7H,5-6H2,1-2H3. The summed E-state index contributed by atoms with van der Waals surface area (Å²) in [7, 11) is 0. The van der Waals surface area contributed by atoms with Crippen LogP contribution in [0.2, 0.25) is 5.02 Å². The minimum Gasteiger partial charge on any atom is -0.316 e. The summed E-state index contributed by atoms with van der Waals surface area (Å²) in [5.41, 5.74) is 1.08. The molecule has 96 valence electrons. The molecule has 0 unspecified atom stereocenters. The SMILES string of the molecule is CSCCn1c(=NC(C)=O)sc2cc(Cl)ccc21. The summed E-state index contributed by atoms with van der Waals surface area (Å²) in [5.74, 6) is 0.810. The summed E-state index contributed by atoms with van der Waals surface area (Å²) in [6.07, 6.45) is 2.06. The monoisotopic (exact) mass is 300 g/mol. The van der Waals surface area contributed by atoms with E-state index in [9.17, 15) is 4.79 Å². The molecule has 1 aromatic heterocycles. The predicted octanol–water partition coefficient (Wildman–Crippen LogP) is 3.17. The second-order valence-electron chi connectivity index (χ2n) is 3.77. The fourth-order valence-corrected chi connectivity index (χ4v) is 3.41. The molecule has 0 aliphatic carbocycles. The van der Waals surface area contributed by atoms with Gasteiger partial charge >= 0.3 is 0 Å². The number of thiazole rings is 1. The Morgan fingerprint density at radius 1 is 1.56 bits per heavy atom. The summed E-state index contributed by atoms with van der Waals surface area (Å²) in [5, 5.41) is 0.704. The first-order valence-electron chi connectivity index (χ1n) is 5.45. The van der Waals surface area contributed by atoms with E-state index in [0.29, 0.717) is 5.02 Å². The summed E-state index contributed by atoms with van der Waals surface area (Å²) in [6.45, 7) is 2.31. The first-order chi connectivity index (χ1) is 8.61. The minimum atomic E-state index is -0.175. The van der Waals surface area contributed by atoms with Crippen molar-refractivity contribution in [3.05, 3.63) is 28.0 Å². The molecule has 0 saturated carbocycles. The quantitative estimate of drug-likeness (QED) is 0.872. The second kappa shape index (κ2) is 5.91. The molecule has 2 aromatic rings. The van der Waals surface area contributed by atoms with Gasteiger partial charge < -0.3 is 4.57 Å². The first-order valence-corrected chi connectivity index (χ1v) is 8.04. The van der Waals surface area contributed by atoms with Crippen LogP contribution < -0.4 is 4.80 Å². The van der Waals surface area contributed by atoms with Gasteiger partial charge in [0.2, 0.25) is 5.91 Å². The molecule has 1 heterocycles. The van der Waals surface area contributed by atoms with Crippen LogP contribution in [-0.2, 0) is 11.3 Å². The Morgan fingerprint density at radius 2 is 2.33 bits per heavy atom. The predicted molar refractivity (Wildman–Crippen MR) is 79.5 cm³/mol. The average Bonchev–Trinajstić information content (AvgIpc) is 2.62. The molecule has 0 N–H and O–H groups in total. The molecule has 6 heteroatoms. The number of fused-ring (bicyclic) bond motifs is 1. The van der Waals surface area contributed by atoms with Gasteiger partial charge in [-0.15, -0.1) is 0 Å². The highest BCUT2D eigenvalue weighted by Crippen LogP contribution is 2.22. The molecule has 0 spiro atoms. The first kappa shape index (κ1) is 13.6. The number of carbonyl (C=O) groups excluding carboxylic acids is 1. The van der Waals surface area contributed by atoms with Crippen molar-refractivity contribution in [1.82, 2.24) is 4.57 Å². The van der Waals surface area contributed by atoms with Crippen LogP contribution >= 0.6 is 34.7 Å². The number of hydrogen-bond donors (Lipinski definition) is 0. The van der Waals surface area contributed by atoms with E-state index in [1.54, 1.807) is 11.8 Å². The van der Waals surface area contributed by atoms with Crippen LogP contribution in [0.5, 0.6) is 0 Å². The lowest BCUT2D eigenvalue weighted by Gasteiger charge is -2.03. The van der Waals surface area contributed by atoms with Gasteiger partial charge in [0, 0.05) is 24.2 Å². The van der Waals surface area contributed by atoms with Crippen molar-refractivity contribution in [2.24, 2.45) is 4.99 Å². The topological polar surface area (TPSA) is 34.4 Å². The number of hydrogen-bond acceptors (Lipinski definition) is 3. The van der Waals surface area contributed by atoms with Crippen LogP contribution in [0.25, 0.3) is 10.2 Å². The summed E-state index contributed by atoms with van der Waals surface area (Å²) in [6, 6.07) is 5.76. The van der Waals surface area contributed by atoms with Crippen LogP contribution in [0.15, 0.2) is 23.2 Å². The zero-order valence-corrected chi connectivity index (χ0v) is 12.5. The van der Waals surface area contributed by atoms with E-state index < -0.39 is 0 Å². The average molecular weight is 301 g/mol. The third kappa shape index (κ3) is 2.96.